The van der Waals surface area contributed by atoms with E-state index in [9.17, 15) is 36.6 Å². The molecule has 2 rings (SSSR count). The van der Waals surface area contributed by atoms with Crippen LogP contribution in [0.2, 0.25) is 0 Å². The predicted molar refractivity (Wildman–Crippen MR) is 126 cm³/mol. The molecule has 223 valence electrons. The second-order valence-electron chi connectivity index (χ2n) is 7.60. The molecule has 0 aliphatic rings. The third-order valence-corrected chi connectivity index (χ3v) is 4.48. The number of hydrogen-bond acceptors (Lipinski definition) is 8. The summed E-state index contributed by atoms with van der Waals surface area (Å²) < 4.78 is 78.1. The zero-order chi connectivity index (χ0) is 30.6. The van der Waals surface area contributed by atoms with Gasteiger partial charge in [-0.25, -0.2) is 0 Å². The molecule has 0 amide bonds. The molecule has 0 saturated heterocycles. The third kappa shape index (κ3) is 14.0. The average Bonchev–Trinajstić information content (AvgIpc) is 2.78. The van der Waals surface area contributed by atoms with Gasteiger partial charge in [0.25, 0.3) is 0 Å². The number of aliphatic imine (C=N–C) groups is 2. The maximum absolute atomic E-state index is 13.0. The molecular weight excluding hydrogens is 597 g/mol. The van der Waals surface area contributed by atoms with Crippen LogP contribution in [0.15, 0.2) is 34.3 Å². The van der Waals surface area contributed by atoms with Crippen molar-refractivity contribution >= 4 is 24.4 Å². The fraction of sp³-hybridized carbons (Fsp3) is 0.360. The van der Waals surface area contributed by atoms with E-state index in [0.29, 0.717) is 0 Å². The van der Waals surface area contributed by atoms with E-state index >= 15 is 0 Å². The second-order valence-corrected chi connectivity index (χ2v) is 7.60. The number of carboxylic acid groups (broad SMARTS) is 2. The number of aromatic hydroxyl groups is 2. The summed E-state index contributed by atoms with van der Waals surface area (Å²) in [6.45, 7) is 4.79. The van der Waals surface area contributed by atoms with Crippen LogP contribution in [0.5, 0.6) is 11.5 Å². The smallest absolute Gasteiger partial charge is 0.550 e. The quantitative estimate of drug-likeness (QED) is 0.373. The molecule has 0 aromatic heterocycles. The number of alkyl halides is 6. The fourth-order valence-corrected chi connectivity index (χ4v) is 2.83. The van der Waals surface area contributed by atoms with Gasteiger partial charge in [-0.1, -0.05) is 13.8 Å². The average molecular weight is 623 g/mol. The van der Waals surface area contributed by atoms with Crippen molar-refractivity contribution in [2.45, 2.75) is 52.9 Å². The van der Waals surface area contributed by atoms with Gasteiger partial charge in [0.15, 0.2) is 0 Å². The van der Waals surface area contributed by atoms with Crippen LogP contribution in [0.25, 0.3) is 0 Å². The summed E-state index contributed by atoms with van der Waals surface area (Å²) in [5, 5.41) is 37.9. The van der Waals surface area contributed by atoms with E-state index in [2.05, 4.69) is 9.98 Å². The molecule has 0 bridgehead atoms. The van der Waals surface area contributed by atoms with Crippen LogP contribution in [-0.2, 0) is 51.6 Å². The van der Waals surface area contributed by atoms with Crippen LogP contribution in [0.4, 0.5) is 26.3 Å². The zero-order valence-corrected chi connectivity index (χ0v) is 22.6. The van der Waals surface area contributed by atoms with Crippen molar-refractivity contribution in [3.63, 3.8) is 0 Å². The molecule has 0 atom stereocenters. The van der Waals surface area contributed by atoms with Crippen molar-refractivity contribution in [2.75, 3.05) is 6.67 Å². The van der Waals surface area contributed by atoms with Crippen LogP contribution in [0, 0.1) is 0 Å². The van der Waals surface area contributed by atoms with Crippen LogP contribution < -0.4 is 10.2 Å². The molecule has 2 N–H and O–H groups in total. The summed E-state index contributed by atoms with van der Waals surface area (Å²) in [7, 11) is 0. The topological polar surface area (TPSA) is 145 Å². The molecule has 0 heterocycles. The van der Waals surface area contributed by atoms with Crippen LogP contribution >= 0.6 is 0 Å². The fourth-order valence-electron chi connectivity index (χ4n) is 2.83. The van der Waals surface area contributed by atoms with Crippen molar-refractivity contribution in [2.24, 2.45) is 9.98 Å². The van der Waals surface area contributed by atoms with Gasteiger partial charge in [-0.15, -0.1) is 0 Å². The van der Waals surface area contributed by atoms with Crippen molar-refractivity contribution in [3.8, 4) is 11.5 Å². The van der Waals surface area contributed by atoms with Crippen molar-refractivity contribution < 1.29 is 73.1 Å². The van der Waals surface area contributed by atoms with E-state index < -0.39 is 35.4 Å². The Labute approximate surface area is 236 Å². The normalized spacial score (nSPS) is 11.2. The van der Waals surface area contributed by atoms with Gasteiger partial charge in [0.2, 0.25) is 0 Å². The van der Waals surface area contributed by atoms with Gasteiger partial charge in [0, 0.05) is 35.5 Å². The minimum atomic E-state index is -4.60. The second kappa shape index (κ2) is 17.2. The van der Waals surface area contributed by atoms with Gasteiger partial charge in [-0.3, -0.25) is 9.98 Å². The third-order valence-electron chi connectivity index (χ3n) is 4.48. The number of aliphatic carboxylic acids is 2. The molecule has 0 unspecified atom stereocenters. The van der Waals surface area contributed by atoms with Crippen molar-refractivity contribution in [1.29, 1.82) is 0 Å². The van der Waals surface area contributed by atoms with E-state index in [1.54, 1.807) is 13.8 Å². The summed E-state index contributed by atoms with van der Waals surface area (Å²) in [5.41, 5.74) is -1.99. The van der Waals surface area contributed by atoms with Crippen LogP contribution in [0.3, 0.4) is 0 Å². The van der Waals surface area contributed by atoms with Gasteiger partial charge in [-0.2, -0.15) is 26.3 Å². The number of aryl methyl sites for hydroxylation is 2. The maximum Gasteiger partial charge on any atom is 2.00 e. The summed E-state index contributed by atoms with van der Waals surface area (Å²) in [6, 6.07) is 3.20. The van der Waals surface area contributed by atoms with E-state index in [-0.39, 0.29) is 70.0 Å². The Kier molecular flexibility index (Phi) is 16.6. The van der Waals surface area contributed by atoms with Crippen LogP contribution in [0.1, 0.15) is 61.1 Å². The van der Waals surface area contributed by atoms with E-state index in [1.165, 1.54) is 0 Å². The van der Waals surface area contributed by atoms with Crippen molar-refractivity contribution in [1.82, 2.24) is 0 Å². The summed E-state index contributed by atoms with van der Waals surface area (Å²) in [4.78, 5) is 25.4. The first-order valence-corrected chi connectivity index (χ1v) is 11.1. The number of phenols is 2. The molecule has 40 heavy (non-hydrogen) atoms. The maximum atomic E-state index is 13.0. The monoisotopic (exact) mass is 623 g/mol. The molecule has 15 heteroatoms. The molecule has 0 aliphatic heterocycles. The van der Waals surface area contributed by atoms with E-state index in [0.717, 1.165) is 50.5 Å². The molecule has 1 radical (unpaired) electrons. The number of rotatable bonds is 6. The Bertz CT molecular complexity index is 1100. The minimum Gasteiger partial charge on any atom is -0.550 e. The molecule has 0 fully saturated rings. The van der Waals surface area contributed by atoms with Gasteiger partial charge in [-0.05, 0) is 62.1 Å². The molecule has 2 aromatic carbocycles. The Hall–Kier alpha value is -3.59. The number of carboxylic acids is 2. The first-order valence-electron chi connectivity index (χ1n) is 11.1. The largest absolute Gasteiger partial charge is 2.00 e. The van der Waals surface area contributed by atoms with E-state index in [4.69, 9.17) is 19.8 Å². The first-order chi connectivity index (χ1) is 17.8. The predicted octanol–water partition coefficient (Wildman–Crippen LogP) is 3.27. The van der Waals surface area contributed by atoms with Crippen LogP contribution in [-0.4, -0.2) is 41.2 Å². The van der Waals surface area contributed by atoms with Gasteiger partial charge >= 0.3 is 29.1 Å². The SMILES string of the molecule is CC(=O)[O-].CC(=O)[O-].CCc1cc(C(F)(F)F)cc(C=NCN=Cc2cc(C(F)(F)F)cc(CC)c2O)c1O.[Co+2]. The Morgan fingerprint density at radius 2 is 1.02 bits per heavy atom. The standard InChI is InChI=1S/C21H20F6N2O2.2C2H4O2.Co/c1-3-12-5-16(20(22,23)24)7-14(18(12)30)9-28-11-29-10-15-8-17(21(25,26)27)6-13(4-2)19(15)31;2*1-2(3)4;/h5-10,30-31H,3-4,11H2,1-2H3;2*1H3,(H,3,4);/q;;;+2/p-2. The molecule has 0 aliphatic carbocycles. The first kappa shape index (κ1) is 38.6. The zero-order valence-electron chi connectivity index (χ0n) is 21.6. The van der Waals surface area contributed by atoms with Gasteiger partial charge < -0.3 is 30.0 Å². The van der Waals surface area contributed by atoms with Gasteiger partial charge in [0.1, 0.15) is 18.2 Å². The summed E-state index contributed by atoms with van der Waals surface area (Å²) >= 11 is 0. The number of carbonyl (C=O) groups is 2. The molecular formula is C25H26CoF6N2O6. The summed E-state index contributed by atoms with van der Waals surface area (Å²) in [6.07, 6.45) is -6.85. The molecule has 8 nitrogen and oxygen atoms in total. The molecule has 2 aromatic rings. The van der Waals surface area contributed by atoms with Crippen molar-refractivity contribution in [3.05, 3.63) is 57.6 Å². The Balaban J connectivity index is 0. The minimum absolute atomic E-state index is 0. The number of benzene rings is 2. The number of hydrogen-bond donors (Lipinski definition) is 2. The Morgan fingerprint density at radius 1 is 0.750 bits per heavy atom. The van der Waals surface area contributed by atoms with E-state index in [1.807, 2.05) is 0 Å². The number of nitrogens with zero attached hydrogens (tertiary/aromatic N) is 2. The Morgan fingerprint density at radius 3 is 1.25 bits per heavy atom. The number of carbonyl (C=O) groups excluding carboxylic acids is 2. The molecule has 0 saturated carbocycles. The molecule has 0 spiro atoms. The number of phenolic OH excluding ortho intramolecular Hbond substituents is 2. The number of halogens is 6. The van der Waals surface area contributed by atoms with Gasteiger partial charge in [0.05, 0.1) is 11.1 Å². The summed E-state index contributed by atoms with van der Waals surface area (Å²) in [5.74, 6) is -2.85.